The Hall–Kier alpha value is -7.93. The molecular weight excluding hydrogens is 930 g/mol. The Bertz CT molecular complexity index is 3250. The lowest BCUT2D eigenvalue weighted by Crippen LogP contribution is -2.42. The monoisotopic (exact) mass is 989 g/mol. The third-order valence-corrected chi connectivity index (χ3v) is 14.6. The van der Waals surface area contributed by atoms with Crippen LogP contribution in [0.1, 0.15) is 56.2 Å². The van der Waals surface area contributed by atoms with Crippen LogP contribution in [-0.4, -0.2) is 111 Å². The Morgan fingerprint density at radius 3 is 2.38 bits per heavy atom. The van der Waals surface area contributed by atoms with Gasteiger partial charge in [-0.3, -0.25) is 34.4 Å². The number of halogens is 1. The van der Waals surface area contributed by atoms with Crippen LogP contribution in [-0.2, 0) is 30.1 Å². The summed E-state index contributed by atoms with van der Waals surface area (Å²) in [4.78, 5) is 68.9. The van der Waals surface area contributed by atoms with Gasteiger partial charge >= 0.3 is 17.7 Å². The summed E-state index contributed by atoms with van der Waals surface area (Å²) in [5.41, 5.74) is 14.9. The predicted molar refractivity (Wildman–Crippen MR) is 279 cm³/mol. The number of imide groups is 1. The number of carbonyl (C=O) groups excluding carboxylic acids is 3. The number of ether oxygens (including phenoxy) is 1. The molecule has 3 fully saturated rings. The Morgan fingerprint density at radius 2 is 1.64 bits per heavy atom. The highest BCUT2D eigenvalue weighted by Crippen LogP contribution is 2.41. The van der Waals surface area contributed by atoms with Gasteiger partial charge in [0.2, 0.25) is 11.8 Å². The number of urea groups is 1. The molecule has 378 valence electrons. The Labute approximate surface area is 422 Å². The van der Waals surface area contributed by atoms with E-state index in [1.165, 1.54) is 16.4 Å². The minimum Gasteiger partial charge on any atom is -0.467 e. The molecule has 3 aliphatic rings. The van der Waals surface area contributed by atoms with Gasteiger partial charge in [-0.15, -0.1) is 5.10 Å². The minimum atomic E-state index is -1.03. The number of benzene rings is 3. The number of aromatic nitrogens is 7. The van der Waals surface area contributed by atoms with Gasteiger partial charge in [0, 0.05) is 95.4 Å². The van der Waals surface area contributed by atoms with E-state index in [1.54, 1.807) is 35.4 Å². The molecule has 0 aliphatic carbocycles. The van der Waals surface area contributed by atoms with Crippen molar-refractivity contribution in [3.05, 3.63) is 119 Å². The summed E-state index contributed by atoms with van der Waals surface area (Å²) in [6.45, 7) is 5.68. The van der Waals surface area contributed by atoms with Gasteiger partial charge < -0.3 is 20.3 Å². The van der Waals surface area contributed by atoms with E-state index >= 15 is 4.39 Å². The molecule has 18 nitrogen and oxygen atoms in total. The van der Waals surface area contributed by atoms with Gasteiger partial charge in [-0.25, -0.2) is 28.2 Å². The fourth-order valence-corrected chi connectivity index (χ4v) is 11.0. The zero-order valence-corrected chi connectivity index (χ0v) is 41.6. The molecule has 73 heavy (non-hydrogen) atoms. The van der Waals surface area contributed by atoms with E-state index in [0.717, 1.165) is 62.2 Å². The summed E-state index contributed by atoms with van der Waals surface area (Å²) < 4.78 is 26.3. The first-order chi connectivity index (χ1) is 35.5. The zero-order valence-electron chi connectivity index (χ0n) is 41.6. The number of fused-ring (bicyclic) bond motifs is 1. The number of methoxy groups -OCH3 is 1. The van der Waals surface area contributed by atoms with Gasteiger partial charge in [-0.1, -0.05) is 37.3 Å². The van der Waals surface area contributed by atoms with Gasteiger partial charge in [-0.05, 0) is 109 Å². The molecule has 0 bridgehead atoms. The SMILES string of the molecule is CCc1c(-c2ccc(-n3c(OC)nn(C)c3=O)cc2-c2ccc(N3CC[C@H](CCCN(CCN)c4cccc5c(C6CCC(=O)NC6=O)nn(C)c45)[C@H](F)C3)cc2)ccnc1N1CCN(c2cccnc2)C1=O. The van der Waals surface area contributed by atoms with Crippen LogP contribution in [0.3, 0.4) is 0 Å². The number of rotatable bonds is 16. The smallest absolute Gasteiger partial charge is 0.353 e. The fourth-order valence-electron chi connectivity index (χ4n) is 11.0. The first kappa shape index (κ1) is 48.7. The summed E-state index contributed by atoms with van der Waals surface area (Å²) in [7, 11) is 4.92. The van der Waals surface area contributed by atoms with Crippen LogP contribution < -0.4 is 41.1 Å². The van der Waals surface area contributed by atoms with Crippen LogP contribution in [0.2, 0.25) is 0 Å². The lowest BCUT2D eigenvalue weighted by atomic mass is 9.89. The van der Waals surface area contributed by atoms with Crippen molar-refractivity contribution in [1.29, 1.82) is 0 Å². The second-order valence-corrected chi connectivity index (χ2v) is 18.9. The van der Waals surface area contributed by atoms with Crippen LogP contribution in [0.5, 0.6) is 6.01 Å². The van der Waals surface area contributed by atoms with Crippen LogP contribution in [0, 0.1) is 5.92 Å². The van der Waals surface area contributed by atoms with E-state index in [4.69, 9.17) is 20.6 Å². The second kappa shape index (κ2) is 20.7. The van der Waals surface area contributed by atoms with Crippen molar-refractivity contribution >= 4 is 51.6 Å². The van der Waals surface area contributed by atoms with Crippen molar-refractivity contribution in [3.63, 3.8) is 0 Å². The van der Waals surface area contributed by atoms with Gasteiger partial charge in [0.05, 0.1) is 47.5 Å². The molecule has 3 N–H and O–H groups in total. The highest BCUT2D eigenvalue weighted by atomic mass is 19.1. The number of amides is 4. The lowest BCUT2D eigenvalue weighted by molar-refractivity contribution is -0.134. The number of aryl methyl sites for hydroxylation is 2. The molecule has 7 heterocycles. The summed E-state index contributed by atoms with van der Waals surface area (Å²) >= 11 is 0. The van der Waals surface area contributed by atoms with Crippen molar-refractivity contribution in [3.8, 4) is 34.0 Å². The number of anilines is 4. The van der Waals surface area contributed by atoms with E-state index in [2.05, 4.69) is 32.1 Å². The van der Waals surface area contributed by atoms with E-state index in [-0.39, 0.29) is 48.4 Å². The molecule has 4 aromatic heterocycles. The molecule has 3 saturated heterocycles. The summed E-state index contributed by atoms with van der Waals surface area (Å²) in [5, 5.41) is 12.4. The van der Waals surface area contributed by atoms with Gasteiger partial charge in [0.1, 0.15) is 12.0 Å². The van der Waals surface area contributed by atoms with E-state index in [1.807, 2.05) is 90.6 Å². The van der Waals surface area contributed by atoms with Gasteiger partial charge in [-0.2, -0.15) is 5.10 Å². The van der Waals surface area contributed by atoms with Gasteiger partial charge in [0.15, 0.2) is 0 Å². The molecule has 3 aromatic carbocycles. The van der Waals surface area contributed by atoms with Crippen molar-refractivity contribution < 1.29 is 23.5 Å². The number of alkyl halides is 1. The molecule has 10 rings (SSSR count). The number of pyridine rings is 2. The van der Waals surface area contributed by atoms with Crippen molar-refractivity contribution in [1.82, 2.24) is 39.4 Å². The molecule has 3 atom stereocenters. The summed E-state index contributed by atoms with van der Waals surface area (Å²) in [6, 6.07) is 25.5. The average Bonchev–Trinajstić information content (AvgIpc) is 4.06. The lowest BCUT2D eigenvalue weighted by Gasteiger charge is -2.36. The summed E-state index contributed by atoms with van der Waals surface area (Å²) in [6.07, 6.45) is 7.53. The van der Waals surface area contributed by atoms with E-state index in [9.17, 15) is 19.2 Å². The first-order valence-corrected chi connectivity index (χ1v) is 25.0. The molecule has 7 aromatic rings. The topological polar surface area (TPSA) is 195 Å². The second-order valence-electron chi connectivity index (χ2n) is 18.9. The number of nitrogens with one attached hydrogen (secondary N) is 1. The highest BCUT2D eigenvalue weighted by Gasteiger charge is 2.35. The fraction of sp³-hybridized carbons (Fsp3) is 0.370. The van der Waals surface area contributed by atoms with E-state index < -0.39 is 12.1 Å². The first-order valence-electron chi connectivity index (χ1n) is 25.0. The van der Waals surface area contributed by atoms with Crippen molar-refractivity contribution in [2.45, 2.75) is 57.5 Å². The summed E-state index contributed by atoms with van der Waals surface area (Å²) in [5.74, 6) is -0.603. The number of hydrogen-bond donors (Lipinski definition) is 2. The Balaban J connectivity index is 0.869. The molecule has 3 aliphatic heterocycles. The quantitative estimate of drug-likeness (QED) is 0.0996. The molecule has 0 radical (unpaired) electrons. The molecule has 4 amide bonds. The Kier molecular flexibility index (Phi) is 13.8. The molecule has 19 heteroatoms. The number of hydrogen-bond acceptors (Lipinski definition) is 12. The normalized spacial score (nSPS) is 18.2. The maximum atomic E-state index is 16.3. The minimum absolute atomic E-state index is 0.104. The number of piperidine rings is 2. The van der Waals surface area contributed by atoms with Gasteiger partial charge in [0.25, 0.3) is 0 Å². The third-order valence-electron chi connectivity index (χ3n) is 14.6. The Morgan fingerprint density at radius 1 is 0.836 bits per heavy atom. The number of carbonyl (C=O) groups is 3. The molecule has 0 saturated carbocycles. The third kappa shape index (κ3) is 9.28. The van der Waals surface area contributed by atoms with Crippen LogP contribution >= 0.6 is 0 Å². The molecule has 1 unspecified atom stereocenters. The average molecular weight is 990 g/mol. The largest absolute Gasteiger partial charge is 0.467 e. The van der Waals surface area contributed by atoms with Crippen LogP contribution in [0.4, 0.5) is 32.1 Å². The van der Waals surface area contributed by atoms with Crippen LogP contribution in [0.25, 0.3) is 38.8 Å². The van der Waals surface area contributed by atoms with Crippen molar-refractivity contribution in [2.75, 3.05) is 72.5 Å². The maximum Gasteiger partial charge on any atom is 0.353 e. The number of nitrogens with two attached hydrogens (primary N) is 1. The highest BCUT2D eigenvalue weighted by molar-refractivity contribution is 6.07. The maximum absolute atomic E-state index is 16.3. The van der Waals surface area contributed by atoms with Crippen molar-refractivity contribution in [2.24, 2.45) is 25.7 Å². The number of para-hydroxylation sites is 1. The standard InChI is InChI=1S/C54H60FN13O5/c1-5-39-41(21-25-58-50(39)67-30-29-66(54(67)72)38-10-7-24-57-32-38)40-18-17-37(68-52(73-4)61-63(3)53(68)71)31-44(40)34-13-15-36(16-14-34)65-27-22-35(45(55)33-65)9-8-26-64(28-23-56)46-12-6-11-42-48(60-62(2)49(42)46)43-19-20-47(69)59-51(43)70/h6-7,10-18,21,24-25,31-32,35,43,45H,5,8-9,19-20,22-23,26-30,33,56H2,1-4H3,(H,59,69,70)/t35-,43?,45+/m0/s1. The van der Waals surface area contributed by atoms with E-state index in [0.29, 0.717) is 82.2 Å². The number of nitrogens with zero attached hydrogens (tertiary/aromatic N) is 11. The predicted octanol–water partition coefficient (Wildman–Crippen LogP) is 6.53. The zero-order chi connectivity index (χ0) is 50.9. The van der Waals surface area contributed by atoms with Crippen LogP contribution in [0.15, 0.2) is 102 Å². The molecular formula is C54H60FN13O5. The molecule has 0 spiro atoms.